The number of carbonyl (C=O) groups excluding carboxylic acids is 3. The molecule has 0 radical (unpaired) electrons. The van der Waals surface area contributed by atoms with Gasteiger partial charge in [0.2, 0.25) is 11.7 Å². The zero-order valence-corrected chi connectivity index (χ0v) is 16.3. The summed E-state index contributed by atoms with van der Waals surface area (Å²) < 4.78 is 5.44. The number of benzene rings is 2. The van der Waals surface area contributed by atoms with Crippen molar-refractivity contribution in [1.29, 1.82) is 0 Å². The van der Waals surface area contributed by atoms with E-state index in [4.69, 9.17) is 4.74 Å². The molecule has 2 aromatic carbocycles. The average molecular weight is 390 g/mol. The molecule has 4 rings (SSSR count). The number of rotatable bonds is 5. The third-order valence-electron chi connectivity index (χ3n) is 5.32. The van der Waals surface area contributed by atoms with Crippen molar-refractivity contribution in [3.63, 3.8) is 0 Å². The highest BCUT2D eigenvalue weighted by Crippen LogP contribution is 2.27. The standard InChI is InChI=1S/C23H22N2O4/c1-14-7-9-17(10-8-14)25-13-16(11-21(25)26)23(28)29-15(2)22(27)19-12-24-20-6-4-3-5-18(19)20/h3-10,12,15-16,24H,11,13H2,1-2H3/t15-,16-/m0/s1. The largest absolute Gasteiger partial charge is 0.454 e. The van der Waals surface area contributed by atoms with E-state index in [2.05, 4.69) is 4.98 Å². The number of hydrogen-bond donors (Lipinski definition) is 1. The van der Waals surface area contributed by atoms with Crippen molar-refractivity contribution in [2.24, 2.45) is 5.92 Å². The second-order valence-electron chi connectivity index (χ2n) is 7.43. The summed E-state index contributed by atoms with van der Waals surface area (Å²) in [6.07, 6.45) is 0.793. The van der Waals surface area contributed by atoms with Crippen LogP contribution in [0.15, 0.2) is 54.7 Å². The molecule has 1 aliphatic heterocycles. The number of esters is 1. The minimum absolute atomic E-state index is 0.0840. The Kier molecular flexibility index (Phi) is 4.92. The zero-order valence-electron chi connectivity index (χ0n) is 16.3. The van der Waals surface area contributed by atoms with Crippen LogP contribution in [0.5, 0.6) is 0 Å². The summed E-state index contributed by atoms with van der Waals surface area (Å²) in [6.45, 7) is 3.80. The Bertz CT molecular complexity index is 1080. The number of hydrogen-bond acceptors (Lipinski definition) is 4. The van der Waals surface area contributed by atoms with Gasteiger partial charge in [-0.3, -0.25) is 14.4 Å². The van der Waals surface area contributed by atoms with E-state index in [1.165, 1.54) is 0 Å². The van der Waals surface area contributed by atoms with Gasteiger partial charge in [0.05, 0.1) is 5.92 Å². The smallest absolute Gasteiger partial charge is 0.312 e. The third-order valence-corrected chi connectivity index (χ3v) is 5.32. The van der Waals surface area contributed by atoms with E-state index < -0.39 is 18.0 Å². The van der Waals surface area contributed by atoms with Crippen LogP contribution in [-0.4, -0.2) is 35.3 Å². The summed E-state index contributed by atoms with van der Waals surface area (Å²) in [5.74, 6) is -1.49. The van der Waals surface area contributed by atoms with Gasteiger partial charge in [-0.25, -0.2) is 0 Å². The van der Waals surface area contributed by atoms with Crippen LogP contribution in [0.1, 0.15) is 29.3 Å². The molecule has 29 heavy (non-hydrogen) atoms. The van der Waals surface area contributed by atoms with Gasteiger partial charge >= 0.3 is 5.97 Å². The molecule has 0 aliphatic carbocycles. The topological polar surface area (TPSA) is 79.5 Å². The molecule has 6 heteroatoms. The maximum Gasteiger partial charge on any atom is 0.312 e. The fourth-order valence-electron chi connectivity index (χ4n) is 3.66. The highest BCUT2D eigenvalue weighted by molar-refractivity contribution is 6.10. The number of aryl methyl sites for hydroxylation is 1. The predicted molar refractivity (Wildman–Crippen MR) is 110 cm³/mol. The molecular formula is C23H22N2O4. The van der Waals surface area contributed by atoms with Crippen molar-refractivity contribution in [2.75, 3.05) is 11.4 Å². The van der Waals surface area contributed by atoms with E-state index in [1.54, 1.807) is 18.0 Å². The molecule has 3 aromatic rings. The predicted octanol–water partition coefficient (Wildman–Crippen LogP) is 3.64. The molecule has 0 saturated carbocycles. The Morgan fingerprint density at radius 2 is 1.86 bits per heavy atom. The van der Waals surface area contributed by atoms with Crippen LogP contribution < -0.4 is 4.90 Å². The monoisotopic (exact) mass is 390 g/mol. The van der Waals surface area contributed by atoms with E-state index in [1.807, 2.05) is 55.5 Å². The van der Waals surface area contributed by atoms with E-state index in [0.717, 1.165) is 22.2 Å². The van der Waals surface area contributed by atoms with Crippen molar-refractivity contribution < 1.29 is 19.1 Å². The van der Waals surface area contributed by atoms with Crippen LogP contribution in [0.3, 0.4) is 0 Å². The SMILES string of the molecule is Cc1ccc(N2C[C@@H](C(=O)O[C@@H](C)C(=O)c3c[nH]c4ccccc34)CC2=O)cc1. The number of Topliss-reactive ketones (excluding diaryl/α,β-unsaturated/α-hetero) is 1. The second-order valence-corrected chi connectivity index (χ2v) is 7.43. The lowest BCUT2D eigenvalue weighted by molar-refractivity contribution is -0.151. The van der Waals surface area contributed by atoms with Gasteiger partial charge in [-0.05, 0) is 32.0 Å². The van der Waals surface area contributed by atoms with E-state index >= 15 is 0 Å². The normalized spacial score (nSPS) is 17.5. The zero-order chi connectivity index (χ0) is 20.5. The Labute approximate surface area is 168 Å². The number of amides is 1. The van der Waals surface area contributed by atoms with Crippen LogP contribution in [0.25, 0.3) is 10.9 Å². The van der Waals surface area contributed by atoms with Crippen LogP contribution >= 0.6 is 0 Å². The van der Waals surface area contributed by atoms with E-state index in [9.17, 15) is 14.4 Å². The molecule has 2 heterocycles. The lowest BCUT2D eigenvalue weighted by atomic mass is 10.1. The molecule has 6 nitrogen and oxygen atoms in total. The molecule has 0 bridgehead atoms. The molecule has 1 aromatic heterocycles. The number of ether oxygens (including phenoxy) is 1. The summed E-state index contributed by atoms with van der Waals surface area (Å²) in [5, 5.41) is 0.794. The summed E-state index contributed by atoms with van der Waals surface area (Å²) in [6, 6.07) is 15.1. The van der Waals surface area contributed by atoms with Crippen LogP contribution in [0.4, 0.5) is 5.69 Å². The Balaban J connectivity index is 1.43. The molecule has 1 aliphatic rings. The maximum absolute atomic E-state index is 12.8. The fraction of sp³-hybridized carbons (Fsp3) is 0.261. The first-order valence-electron chi connectivity index (χ1n) is 9.62. The number of aromatic nitrogens is 1. The number of nitrogens with zero attached hydrogens (tertiary/aromatic N) is 1. The van der Waals surface area contributed by atoms with Gasteiger partial charge in [0.25, 0.3) is 0 Å². The van der Waals surface area contributed by atoms with Crippen molar-refractivity contribution in [3.8, 4) is 0 Å². The first kappa shape index (κ1) is 18.9. The second kappa shape index (κ2) is 7.54. The Hall–Kier alpha value is -3.41. The molecule has 1 N–H and O–H groups in total. The fourth-order valence-corrected chi connectivity index (χ4v) is 3.66. The van der Waals surface area contributed by atoms with Gasteiger partial charge < -0.3 is 14.6 Å². The first-order chi connectivity index (χ1) is 13.9. The minimum atomic E-state index is -0.926. The van der Waals surface area contributed by atoms with Crippen molar-refractivity contribution in [1.82, 2.24) is 4.98 Å². The lowest BCUT2D eigenvalue weighted by Gasteiger charge is -2.18. The Morgan fingerprint density at radius 3 is 2.62 bits per heavy atom. The molecule has 1 amide bonds. The summed E-state index contributed by atoms with van der Waals surface area (Å²) in [4.78, 5) is 42.4. The van der Waals surface area contributed by atoms with Crippen LogP contribution in [0, 0.1) is 12.8 Å². The van der Waals surface area contributed by atoms with Gasteiger partial charge in [-0.2, -0.15) is 0 Å². The number of para-hydroxylation sites is 1. The van der Waals surface area contributed by atoms with E-state index in [-0.39, 0.29) is 24.7 Å². The summed E-state index contributed by atoms with van der Waals surface area (Å²) in [5.41, 5.74) is 3.20. The van der Waals surface area contributed by atoms with Gasteiger partial charge in [-0.15, -0.1) is 0 Å². The minimum Gasteiger partial charge on any atom is -0.454 e. The number of fused-ring (bicyclic) bond motifs is 1. The number of H-pyrrole nitrogens is 1. The van der Waals surface area contributed by atoms with Crippen molar-refractivity contribution >= 4 is 34.3 Å². The number of aromatic amines is 1. The van der Waals surface area contributed by atoms with Crippen LogP contribution in [-0.2, 0) is 14.3 Å². The number of carbonyl (C=O) groups is 3. The van der Waals surface area contributed by atoms with Crippen LogP contribution in [0.2, 0.25) is 0 Å². The highest BCUT2D eigenvalue weighted by atomic mass is 16.5. The van der Waals surface area contributed by atoms with Crippen molar-refractivity contribution in [2.45, 2.75) is 26.4 Å². The summed E-state index contributed by atoms with van der Waals surface area (Å²) in [7, 11) is 0. The van der Waals surface area contributed by atoms with Gasteiger partial charge in [0, 0.05) is 41.3 Å². The molecular weight excluding hydrogens is 368 g/mol. The molecule has 2 atom stereocenters. The molecule has 148 valence electrons. The molecule has 0 unspecified atom stereocenters. The quantitative estimate of drug-likeness (QED) is 0.533. The lowest BCUT2D eigenvalue weighted by Crippen LogP contribution is -2.30. The van der Waals surface area contributed by atoms with Gasteiger partial charge in [-0.1, -0.05) is 35.9 Å². The summed E-state index contributed by atoms with van der Waals surface area (Å²) >= 11 is 0. The molecule has 1 fully saturated rings. The Morgan fingerprint density at radius 1 is 1.14 bits per heavy atom. The third kappa shape index (κ3) is 3.66. The highest BCUT2D eigenvalue weighted by Gasteiger charge is 2.37. The maximum atomic E-state index is 12.8. The molecule has 1 saturated heterocycles. The van der Waals surface area contributed by atoms with Crippen molar-refractivity contribution in [3.05, 3.63) is 65.9 Å². The van der Waals surface area contributed by atoms with Gasteiger partial charge in [0.1, 0.15) is 0 Å². The van der Waals surface area contributed by atoms with Gasteiger partial charge in [0.15, 0.2) is 6.10 Å². The first-order valence-corrected chi connectivity index (χ1v) is 9.62. The number of anilines is 1. The number of nitrogens with one attached hydrogen (secondary N) is 1. The van der Waals surface area contributed by atoms with E-state index in [0.29, 0.717) is 5.56 Å². The number of ketones is 1. The molecule has 0 spiro atoms. The average Bonchev–Trinajstić information content (AvgIpc) is 3.32.